The van der Waals surface area contributed by atoms with E-state index in [0.717, 1.165) is 17.0 Å². The predicted molar refractivity (Wildman–Crippen MR) is 114 cm³/mol. The number of nitrogens with one attached hydrogen (secondary N) is 1. The number of rotatable bonds is 6. The number of hydrogen-bond donors (Lipinski definition) is 2. The van der Waals surface area contributed by atoms with Gasteiger partial charge < -0.3 is 15.2 Å². The van der Waals surface area contributed by atoms with Crippen LogP contribution in [0.3, 0.4) is 0 Å². The molecule has 0 saturated carbocycles. The third-order valence-corrected chi connectivity index (χ3v) is 5.76. The maximum absolute atomic E-state index is 12.6. The summed E-state index contributed by atoms with van der Waals surface area (Å²) in [6, 6.07) is 4.10. The molecular formula is C19H16BrN3O6S. The Hall–Kier alpha value is -3.23. The molecule has 0 saturated heterocycles. The van der Waals surface area contributed by atoms with E-state index in [4.69, 9.17) is 4.74 Å². The minimum absolute atomic E-state index is 0.0368. The van der Waals surface area contributed by atoms with Crippen LogP contribution in [0.2, 0.25) is 0 Å². The van der Waals surface area contributed by atoms with Gasteiger partial charge in [0.2, 0.25) is 5.75 Å². The van der Waals surface area contributed by atoms with E-state index in [1.54, 1.807) is 26.8 Å². The van der Waals surface area contributed by atoms with E-state index in [1.807, 2.05) is 0 Å². The lowest BCUT2D eigenvalue weighted by atomic mass is 10.1. The Kier molecular flexibility index (Phi) is 7.31. The van der Waals surface area contributed by atoms with Gasteiger partial charge in [-0.3, -0.25) is 14.9 Å². The van der Waals surface area contributed by atoms with E-state index in [1.165, 1.54) is 17.4 Å². The number of phenols is 1. The minimum atomic E-state index is -0.795. The SMILES string of the molecule is CCOC(=O)c1c(NC(=O)/C(C#N)=C/c2cc(Br)c(O)c([N+](=O)[O-])c2)sc(C)c1C. The van der Waals surface area contributed by atoms with Gasteiger partial charge in [-0.2, -0.15) is 5.26 Å². The number of nitriles is 1. The first kappa shape index (κ1) is 23.1. The van der Waals surface area contributed by atoms with Crippen molar-refractivity contribution < 1.29 is 24.4 Å². The molecule has 2 N–H and O–H groups in total. The largest absolute Gasteiger partial charge is 0.501 e. The van der Waals surface area contributed by atoms with E-state index in [9.17, 15) is 30.1 Å². The van der Waals surface area contributed by atoms with Gasteiger partial charge in [-0.1, -0.05) is 0 Å². The molecule has 0 aliphatic heterocycles. The molecule has 30 heavy (non-hydrogen) atoms. The second-order valence-electron chi connectivity index (χ2n) is 5.96. The first-order valence-electron chi connectivity index (χ1n) is 8.47. The smallest absolute Gasteiger partial charge is 0.341 e. The van der Waals surface area contributed by atoms with Crippen LogP contribution in [0.5, 0.6) is 5.75 Å². The normalized spacial score (nSPS) is 11.0. The van der Waals surface area contributed by atoms with Crippen molar-refractivity contribution in [1.29, 1.82) is 5.26 Å². The number of esters is 1. The Morgan fingerprint density at radius 1 is 1.43 bits per heavy atom. The Labute approximate surface area is 183 Å². The number of nitrogens with zero attached hydrogens (tertiary/aromatic N) is 2. The van der Waals surface area contributed by atoms with Crippen LogP contribution in [-0.4, -0.2) is 28.5 Å². The van der Waals surface area contributed by atoms with Crippen LogP contribution >= 0.6 is 27.3 Å². The summed E-state index contributed by atoms with van der Waals surface area (Å²) in [6.45, 7) is 5.34. The average molecular weight is 494 g/mol. The fraction of sp³-hybridized carbons (Fsp3) is 0.211. The van der Waals surface area contributed by atoms with Crippen LogP contribution < -0.4 is 5.32 Å². The molecular weight excluding hydrogens is 478 g/mol. The standard InChI is InChI=1S/C19H16BrN3O6S/c1-4-29-19(26)15-9(2)10(3)30-18(15)22-17(25)12(8-21)5-11-6-13(20)16(24)14(7-11)23(27)28/h5-7,24H,4H2,1-3H3,(H,22,25)/b12-5+. The molecule has 11 heteroatoms. The molecule has 1 heterocycles. The first-order chi connectivity index (χ1) is 14.1. The number of nitro benzene ring substituents is 1. The number of halogens is 1. The van der Waals surface area contributed by atoms with Crippen LogP contribution in [-0.2, 0) is 9.53 Å². The number of anilines is 1. The Balaban J connectivity index is 2.42. The molecule has 0 bridgehead atoms. The number of phenolic OH excluding ortho intramolecular Hbond substituents is 1. The van der Waals surface area contributed by atoms with Gasteiger partial charge >= 0.3 is 11.7 Å². The number of amides is 1. The van der Waals surface area contributed by atoms with E-state index >= 15 is 0 Å². The number of aromatic hydroxyl groups is 1. The van der Waals surface area contributed by atoms with Crippen molar-refractivity contribution in [3.05, 3.63) is 53.9 Å². The second kappa shape index (κ2) is 9.51. The maximum Gasteiger partial charge on any atom is 0.341 e. The third-order valence-electron chi connectivity index (χ3n) is 4.03. The van der Waals surface area contributed by atoms with Crippen LogP contribution in [0.4, 0.5) is 10.7 Å². The fourth-order valence-corrected chi connectivity index (χ4v) is 3.99. The summed E-state index contributed by atoms with van der Waals surface area (Å²) in [5.41, 5.74) is 0.104. The summed E-state index contributed by atoms with van der Waals surface area (Å²) < 4.78 is 5.07. The average Bonchev–Trinajstić information content (AvgIpc) is 2.95. The molecule has 0 aliphatic rings. The molecule has 9 nitrogen and oxygen atoms in total. The summed E-state index contributed by atoms with van der Waals surface area (Å²) in [4.78, 5) is 36.0. The van der Waals surface area contributed by atoms with E-state index in [-0.39, 0.29) is 32.8 Å². The van der Waals surface area contributed by atoms with Gasteiger partial charge in [-0.25, -0.2) is 4.79 Å². The summed E-state index contributed by atoms with van der Waals surface area (Å²) in [5.74, 6) is -1.95. The molecule has 0 atom stereocenters. The lowest BCUT2D eigenvalue weighted by Gasteiger charge is -2.07. The number of thiophene rings is 1. The van der Waals surface area contributed by atoms with Crippen molar-refractivity contribution in [2.45, 2.75) is 20.8 Å². The zero-order chi connectivity index (χ0) is 22.6. The van der Waals surface area contributed by atoms with Crippen LogP contribution in [0.25, 0.3) is 6.08 Å². The van der Waals surface area contributed by atoms with Crippen LogP contribution in [0.1, 0.15) is 33.3 Å². The van der Waals surface area contributed by atoms with Crippen molar-refractivity contribution >= 4 is 55.9 Å². The Bertz CT molecular complexity index is 1120. The van der Waals surface area contributed by atoms with E-state index < -0.39 is 28.2 Å². The topological polar surface area (TPSA) is 143 Å². The minimum Gasteiger partial charge on any atom is -0.501 e. The molecule has 2 rings (SSSR count). The quantitative estimate of drug-likeness (QED) is 0.198. The Morgan fingerprint density at radius 3 is 2.67 bits per heavy atom. The first-order valence-corrected chi connectivity index (χ1v) is 10.1. The highest BCUT2D eigenvalue weighted by Gasteiger charge is 2.23. The molecule has 1 amide bonds. The zero-order valence-corrected chi connectivity index (χ0v) is 18.5. The number of ether oxygens (including phenoxy) is 1. The summed E-state index contributed by atoms with van der Waals surface area (Å²) in [6.07, 6.45) is 1.14. The number of carbonyl (C=O) groups excluding carboxylic acids is 2. The highest BCUT2D eigenvalue weighted by atomic mass is 79.9. The lowest BCUT2D eigenvalue weighted by molar-refractivity contribution is -0.386. The van der Waals surface area contributed by atoms with Gasteiger partial charge in [0.05, 0.1) is 21.6 Å². The number of carbonyl (C=O) groups is 2. The molecule has 1 aromatic heterocycles. The number of nitro groups is 1. The van der Waals surface area contributed by atoms with Crippen molar-refractivity contribution in [3.8, 4) is 11.8 Å². The fourth-order valence-electron chi connectivity index (χ4n) is 2.48. The maximum atomic E-state index is 12.6. The van der Waals surface area contributed by atoms with Gasteiger partial charge in [0.1, 0.15) is 16.6 Å². The highest BCUT2D eigenvalue weighted by molar-refractivity contribution is 9.10. The van der Waals surface area contributed by atoms with Crippen molar-refractivity contribution in [1.82, 2.24) is 0 Å². The zero-order valence-electron chi connectivity index (χ0n) is 16.1. The molecule has 0 aliphatic carbocycles. The molecule has 0 radical (unpaired) electrons. The summed E-state index contributed by atoms with van der Waals surface area (Å²) >= 11 is 4.17. The number of aryl methyl sites for hydroxylation is 1. The molecule has 0 unspecified atom stereocenters. The lowest BCUT2D eigenvalue weighted by Crippen LogP contribution is -2.16. The molecule has 2 aromatic rings. The molecule has 1 aromatic carbocycles. The van der Waals surface area contributed by atoms with Gasteiger partial charge in [0, 0.05) is 10.9 Å². The highest BCUT2D eigenvalue weighted by Crippen LogP contribution is 2.36. The monoisotopic (exact) mass is 493 g/mol. The number of hydrogen-bond acceptors (Lipinski definition) is 8. The van der Waals surface area contributed by atoms with Crippen LogP contribution in [0.15, 0.2) is 22.2 Å². The summed E-state index contributed by atoms with van der Waals surface area (Å²) in [5, 5.41) is 33.0. The molecule has 156 valence electrons. The van der Waals surface area contributed by atoms with Gasteiger partial charge in [-0.15, -0.1) is 11.3 Å². The number of benzene rings is 1. The van der Waals surface area contributed by atoms with E-state index in [0.29, 0.717) is 5.56 Å². The van der Waals surface area contributed by atoms with Gasteiger partial charge in [-0.05, 0) is 60.0 Å². The predicted octanol–water partition coefficient (Wildman–Crippen LogP) is 4.46. The Morgan fingerprint density at radius 2 is 2.10 bits per heavy atom. The van der Waals surface area contributed by atoms with Crippen molar-refractivity contribution in [2.24, 2.45) is 0 Å². The third kappa shape index (κ3) is 4.84. The molecule has 0 spiro atoms. The molecule has 0 fully saturated rings. The van der Waals surface area contributed by atoms with Gasteiger partial charge in [0.15, 0.2) is 0 Å². The van der Waals surface area contributed by atoms with Crippen molar-refractivity contribution in [3.63, 3.8) is 0 Å². The van der Waals surface area contributed by atoms with Crippen LogP contribution in [0, 0.1) is 35.3 Å². The van der Waals surface area contributed by atoms with E-state index in [2.05, 4.69) is 21.2 Å². The summed E-state index contributed by atoms with van der Waals surface area (Å²) in [7, 11) is 0. The second-order valence-corrected chi connectivity index (χ2v) is 8.04. The van der Waals surface area contributed by atoms with Gasteiger partial charge in [0.25, 0.3) is 5.91 Å². The van der Waals surface area contributed by atoms with Crippen molar-refractivity contribution in [2.75, 3.05) is 11.9 Å².